The Kier molecular flexibility index (Phi) is 5.77. The lowest BCUT2D eigenvalue weighted by atomic mass is 10.1. The zero-order valence-corrected chi connectivity index (χ0v) is 10.7. The fourth-order valence-electron chi connectivity index (χ4n) is 2.22. The van der Waals surface area contributed by atoms with Crippen LogP contribution in [0, 0.1) is 5.92 Å². The minimum atomic E-state index is -0.0304. The van der Waals surface area contributed by atoms with Crippen LogP contribution in [0.4, 0.5) is 0 Å². The summed E-state index contributed by atoms with van der Waals surface area (Å²) >= 11 is 0. The lowest BCUT2D eigenvalue weighted by Crippen LogP contribution is -2.45. The number of hydrogen-bond acceptors (Lipinski definition) is 3. The molecule has 1 amide bonds. The minimum Gasteiger partial charge on any atom is -0.384 e. The van der Waals surface area contributed by atoms with Gasteiger partial charge in [0.05, 0.1) is 12.5 Å². The van der Waals surface area contributed by atoms with Crippen LogP contribution in [-0.2, 0) is 9.53 Å². The number of nitrogens with zero attached hydrogens (tertiary/aromatic N) is 1. The molecule has 4 heteroatoms. The molecule has 0 aromatic heterocycles. The predicted molar refractivity (Wildman–Crippen MR) is 64.3 cm³/mol. The zero-order chi connectivity index (χ0) is 12.0. The van der Waals surface area contributed by atoms with Crippen LogP contribution in [-0.4, -0.2) is 50.2 Å². The molecule has 0 aliphatic carbocycles. The van der Waals surface area contributed by atoms with E-state index in [-0.39, 0.29) is 11.8 Å². The van der Waals surface area contributed by atoms with Gasteiger partial charge in [-0.1, -0.05) is 13.8 Å². The summed E-state index contributed by atoms with van der Waals surface area (Å²) in [5.74, 6) is 0.203. The first-order valence-electron chi connectivity index (χ1n) is 6.20. The molecule has 0 aromatic carbocycles. The number of carbonyl (C=O) groups is 1. The van der Waals surface area contributed by atoms with Crippen molar-refractivity contribution in [3.05, 3.63) is 0 Å². The first-order chi connectivity index (χ1) is 7.70. The van der Waals surface area contributed by atoms with Crippen LogP contribution in [0.3, 0.4) is 0 Å². The molecular formula is C12H24N2O2. The van der Waals surface area contributed by atoms with Gasteiger partial charge in [-0.05, 0) is 19.4 Å². The predicted octanol–water partition coefficient (Wildman–Crippen LogP) is 0.869. The average molecular weight is 228 g/mol. The molecule has 1 fully saturated rings. The van der Waals surface area contributed by atoms with Crippen molar-refractivity contribution in [3.8, 4) is 0 Å². The summed E-state index contributed by atoms with van der Waals surface area (Å²) in [5.41, 5.74) is 0. The molecule has 1 N–H and O–H groups in total. The summed E-state index contributed by atoms with van der Waals surface area (Å²) in [6.45, 7) is 7.39. The van der Waals surface area contributed by atoms with Gasteiger partial charge in [0.25, 0.3) is 0 Å². The van der Waals surface area contributed by atoms with Crippen LogP contribution >= 0.6 is 0 Å². The molecule has 0 radical (unpaired) electrons. The van der Waals surface area contributed by atoms with Crippen LogP contribution in [0.1, 0.15) is 26.7 Å². The standard InChI is InChI=1S/C12H24N2O2/c1-4-7-14(11-5-6-13-8-11)12(15)10(2)9-16-3/h10-11,13H,4-9H2,1-3H3. The van der Waals surface area contributed by atoms with E-state index in [1.54, 1.807) is 7.11 Å². The Hall–Kier alpha value is -0.610. The molecule has 0 bridgehead atoms. The molecule has 1 heterocycles. The number of carbonyl (C=O) groups excluding carboxylic acids is 1. The topological polar surface area (TPSA) is 41.6 Å². The molecule has 1 saturated heterocycles. The monoisotopic (exact) mass is 228 g/mol. The van der Waals surface area contributed by atoms with E-state index < -0.39 is 0 Å². The minimum absolute atomic E-state index is 0.0304. The molecule has 0 aromatic rings. The van der Waals surface area contributed by atoms with E-state index in [1.807, 2.05) is 11.8 Å². The molecule has 16 heavy (non-hydrogen) atoms. The van der Waals surface area contributed by atoms with Crippen molar-refractivity contribution in [2.75, 3.05) is 33.4 Å². The SMILES string of the molecule is CCCN(C(=O)C(C)COC)C1CCNC1. The highest BCUT2D eigenvalue weighted by atomic mass is 16.5. The van der Waals surface area contributed by atoms with Crippen LogP contribution in [0.2, 0.25) is 0 Å². The third-order valence-electron chi connectivity index (χ3n) is 3.06. The maximum absolute atomic E-state index is 12.2. The Labute approximate surface area is 98.3 Å². The Morgan fingerprint density at radius 1 is 1.62 bits per heavy atom. The third-order valence-corrected chi connectivity index (χ3v) is 3.06. The van der Waals surface area contributed by atoms with Crippen molar-refractivity contribution < 1.29 is 9.53 Å². The normalized spacial score (nSPS) is 22.1. The van der Waals surface area contributed by atoms with Gasteiger partial charge in [-0.3, -0.25) is 4.79 Å². The van der Waals surface area contributed by atoms with Gasteiger partial charge >= 0.3 is 0 Å². The Morgan fingerprint density at radius 3 is 2.88 bits per heavy atom. The van der Waals surface area contributed by atoms with Crippen LogP contribution in [0.5, 0.6) is 0 Å². The van der Waals surface area contributed by atoms with Gasteiger partial charge in [0, 0.05) is 26.2 Å². The maximum Gasteiger partial charge on any atom is 0.228 e. The first-order valence-corrected chi connectivity index (χ1v) is 6.20. The van der Waals surface area contributed by atoms with E-state index >= 15 is 0 Å². The summed E-state index contributed by atoms with van der Waals surface area (Å²) in [4.78, 5) is 14.3. The average Bonchev–Trinajstić information content (AvgIpc) is 2.78. The van der Waals surface area contributed by atoms with Crippen molar-refractivity contribution >= 4 is 5.91 Å². The number of methoxy groups -OCH3 is 1. The molecule has 1 aliphatic heterocycles. The van der Waals surface area contributed by atoms with E-state index in [0.717, 1.165) is 32.5 Å². The second-order valence-electron chi connectivity index (χ2n) is 4.53. The van der Waals surface area contributed by atoms with Crippen molar-refractivity contribution in [1.29, 1.82) is 0 Å². The van der Waals surface area contributed by atoms with E-state index in [1.165, 1.54) is 0 Å². The number of rotatable bonds is 6. The molecule has 1 aliphatic rings. The first kappa shape index (κ1) is 13.5. The van der Waals surface area contributed by atoms with Crippen molar-refractivity contribution in [2.24, 2.45) is 5.92 Å². The number of amides is 1. The molecule has 94 valence electrons. The summed E-state index contributed by atoms with van der Waals surface area (Å²) in [5, 5.41) is 3.31. The van der Waals surface area contributed by atoms with Gasteiger partial charge in [0.1, 0.15) is 0 Å². The molecule has 1 rings (SSSR count). The van der Waals surface area contributed by atoms with Crippen molar-refractivity contribution in [2.45, 2.75) is 32.7 Å². The van der Waals surface area contributed by atoms with E-state index in [0.29, 0.717) is 12.6 Å². The molecule has 0 saturated carbocycles. The van der Waals surface area contributed by atoms with Crippen LogP contribution < -0.4 is 5.32 Å². The second kappa shape index (κ2) is 6.86. The molecule has 2 atom stereocenters. The summed E-state index contributed by atoms with van der Waals surface area (Å²) in [6.07, 6.45) is 2.09. The molecule has 2 unspecified atom stereocenters. The quantitative estimate of drug-likeness (QED) is 0.733. The highest BCUT2D eigenvalue weighted by Gasteiger charge is 2.28. The fraction of sp³-hybridized carbons (Fsp3) is 0.917. The van der Waals surface area contributed by atoms with Gasteiger partial charge in [0.2, 0.25) is 5.91 Å². The van der Waals surface area contributed by atoms with Gasteiger partial charge in [-0.15, -0.1) is 0 Å². The summed E-state index contributed by atoms with van der Waals surface area (Å²) < 4.78 is 5.05. The van der Waals surface area contributed by atoms with Crippen molar-refractivity contribution in [1.82, 2.24) is 10.2 Å². The summed E-state index contributed by atoms with van der Waals surface area (Å²) in [7, 11) is 1.64. The van der Waals surface area contributed by atoms with E-state index in [2.05, 4.69) is 12.2 Å². The largest absolute Gasteiger partial charge is 0.384 e. The Balaban J connectivity index is 2.56. The highest BCUT2D eigenvalue weighted by Crippen LogP contribution is 2.13. The number of ether oxygens (including phenoxy) is 1. The fourth-order valence-corrected chi connectivity index (χ4v) is 2.22. The molecule has 4 nitrogen and oxygen atoms in total. The van der Waals surface area contributed by atoms with Crippen LogP contribution in [0.15, 0.2) is 0 Å². The smallest absolute Gasteiger partial charge is 0.228 e. The van der Waals surface area contributed by atoms with Gasteiger partial charge in [-0.25, -0.2) is 0 Å². The van der Waals surface area contributed by atoms with Gasteiger partial charge in [0.15, 0.2) is 0 Å². The number of nitrogens with one attached hydrogen (secondary N) is 1. The zero-order valence-electron chi connectivity index (χ0n) is 10.7. The molecule has 0 spiro atoms. The third kappa shape index (κ3) is 3.46. The van der Waals surface area contributed by atoms with Gasteiger partial charge in [-0.2, -0.15) is 0 Å². The van der Waals surface area contributed by atoms with Crippen molar-refractivity contribution in [3.63, 3.8) is 0 Å². The van der Waals surface area contributed by atoms with Gasteiger partial charge < -0.3 is 15.0 Å². The maximum atomic E-state index is 12.2. The molecular weight excluding hydrogens is 204 g/mol. The van der Waals surface area contributed by atoms with Crippen LogP contribution in [0.25, 0.3) is 0 Å². The van der Waals surface area contributed by atoms with E-state index in [4.69, 9.17) is 4.74 Å². The lowest BCUT2D eigenvalue weighted by Gasteiger charge is -2.30. The number of hydrogen-bond donors (Lipinski definition) is 1. The highest BCUT2D eigenvalue weighted by molar-refractivity contribution is 5.79. The lowest BCUT2D eigenvalue weighted by molar-refractivity contribution is -0.138. The van der Waals surface area contributed by atoms with E-state index in [9.17, 15) is 4.79 Å². The second-order valence-corrected chi connectivity index (χ2v) is 4.53. The Bertz CT molecular complexity index is 215. The Morgan fingerprint density at radius 2 is 2.38 bits per heavy atom. The summed E-state index contributed by atoms with van der Waals surface area (Å²) in [6, 6.07) is 0.381.